The van der Waals surface area contributed by atoms with Crippen molar-refractivity contribution in [2.24, 2.45) is 5.92 Å². The predicted molar refractivity (Wildman–Crippen MR) is 111 cm³/mol. The topological polar surface area (TPSA) is 132 Å². The summed E-state index contributed by atoms with van der Waals surface area (Å²) in [7, 11) is 0. The van der Waals surface area contributed by atoms with Crippen molar-refractivity contribution in [1.29, 1.82) is 0 Å². The van der Waals surface area contributed by atoms with Gasteiger partial charge >= 0.3 is 5.97 Å². The van der Waals surface area contributed by atoms with Crippen molar-refractivity contribution >= 4 is 23.4 Å². The van der Waals surface area contributed by atoms with Crippen LogP contribution in [-0.4, -0.2) is 56.2 Å². The van der Waals surface area contributed by atoms with E-state index >= 15 is 0 Å². The van der Waals surface area contributed by atoms with Gasteiger partial charge < -0.3 is 20.2 Å². The van der Waals surface area contributed by atoms with E-state index < -0.39 is 35.2 Å². The van der Waals surface area contributed by atoms with Gasteiger partial charge in [0.15, 0.2) is 5.78 Å². The summed E-state index contributed by atoms with van der Waals surface area (Å²) >= 11 is 0. The molecule has 0 saturated carbocycles. The van der Waals surface area contributed by atoms with Crippen molar-refractivity contribution in [3.05, 3.63) is 58.1 Å². The van der Waals surface area contributed by atoms with Gasteiger partial charge in [-0.05, 0) is 37.5 Å². The number of likely N-dealkylation sites (N-methyl/N-ethyl adjacent to an activating group) is 1. The molecule has 0 radical (unpaired) electrons. The number of fused-ring (bicyclic) bond motifs is 2. The van der Waals surface area contributed by atoms with E-state index in [1.54, 1.807) is 6.92 Å². The van der Waals surface area contributed by atoms with Gasteiger partial charge in [0.05, 0.1) is 11.1 Å². The Morgan fingerprint density at radius 2 is 1.61 bits per heavy atom. The second kappa shape index (κ2) is 8.22. The minimum absolute atomic E-state index is 0.0169. The first-order valence-corrected chi connectivity index (χ1v) is 9.90. The summed E-state index contributed by atoms with van der Waals surface area (Å²) in [5.74, 6) is -4.11. The molecule has 8 nitrogen and oxygen atoms in total. The smallest absolute Gasteiger partial charge is 0.326 e. The molecular weight excluding hydrogens is 402 g/mol. The molecule has 0 heterocycles. The Bertz CT molecular complexity index is 1100. The number of carbonyl (C=O) groups excluding carboxylic acids is 3. The molecule has 2 aromatic carbocycles. The lowest BCUT2D eigenvalue weighted by atomic mass is 9.82. The highest BCUT2D eigenvalue weighted by Gasteiger charge is 2.36. The lowest BCUT2D eigenvalue weighted by Gasteiger charge is -2.29. The Morgan fingerprint density at radius 1 is 0.968 bits per heavy atom. The zero-order chi connectivity index (χ0) is 23.0. The van der Waals surface area contributed by atoms with Crippen LogP contribution in [0.15, 0.2) is 30.3 Å². The maximum absolute atomic E-state index is 13.1. The molecule has 3 N–H and O–H groups in total. The van der Waals surface area contributed by atoms with Crippen LogP contribution in [0, 0.1) is 5.92 Å². The monoisotopic (exact) mass is 425 g/mol. The van der Waals surface area contributed by atoms with Crippen LogP contribution in [0.4, 0.5) is 0 Å². The van der Waals surface area contributed by atoms with E-state index in [4.69, 9.17) is 0 Å². The van der Waals surface area contributed by atoms with Gasteiger partial charge in [-0.2, -0.15) is 0 Å². The summed E-state index contributed by atoms with van der Waals surface area (Å²) in [5, 5.41) is 30.1. The highest BCUT2D eigenvalue weighted by Crippen LogP contribution is 2.37. The number of rotatable bonds is 6. The van der Waals surface area contributed by atoms with Crippen molar-refractivity contribution in [2.75, 3.05) is 6.54 Å². The summed E-state index contributed by atoms with van der Waals surface area (Å²) in [5.41, 5.74) is -0.795. The van der Waals surface area contributed by atoms with Gasteiger partial charge in [-0.15, -0.1) is 0 Å². The second-order valence-electron chi connectivity index (χ2n) is 7.85. The molecule has 0 spiro atoms. The number of nitrogens with zero attached hydrogens (tertiary/aromatic N) is 1. The van der Waals surface area contributed by atoms with Gasteiger partial charge in [0.1, 0.15) is 17.5 Å². The Labute approximate surface area is 178 Å². The molecule has 1 amide bonds. The molecule has 0 unspecified atom stereocenters. The molecular formula is C23H23NO7. The molecule has 2 aromatic rings. The molecule has 0 saturated heterocycles. The third-order valence-corrected chi connectivity index (χ3v) is 5.31. The highest BCUT2D eigenvalue weighted by atomic mass is 16.4. The number of hydrogen-bond acceptors (Lipinski definition) is 6. The number of phenols is 2. The first-order chi connectivity index (χ1) is 14.6. The molecule has 1 aliphatic rings. The quantitative estimate of drug-likeness (QED) is 0.553. The fourth-order valence-electron chi connectivity index (χ4n) is 3.89. The van der Waals surface area contributed by atoms with E-state index in [0.29, 0.717) is 0 Å². The standard InChI is InChI=1S/C23H23NO7/c1-4-24(15(23(30)31)8-11(2)3)22(29)12-9-14-19(17(26)10-12)21(28)18-13(20(14)27)6-5-7-16(18)25/h5-7,9-11,15,25-26H,4,8H2,1-3H3,(H,30,31)/t15-/m0/s1. The maximum atomic E-state index is 13.1. The van der Waals surface area contributed by atoms with Crippen LogP contribution in [0.1, 0.15) is 69.4 Å². The van der Waals surface area contributed by atoms with Crippen molar-refractivity contribution < 1.29 is 34.5 Å². The lowest BCUT2D eigenvalue weighted by Crippen LogP contribution is -2.45. The molecule has 3 rings (SSSR count). The third-order valence-electron chi connectivity index (χ3n) is 5.31. The van der Waals surface area contributed by atoms with Gasteiger partial charge in [-0.3, -0.25) is 14.4 Å². The number of carboxylic acid groups (broad SMARTS) is 1. The van der Waals surface area contributed by atoms with E-state index in [2.05, 4.69) is 0 Å². The number of aliphatic carboxylic acids is 1. The van der Waals surface area contributed by atoms with Gasteiger partial charge in [0, 0.05) is 23.2 Å². The number of carboxylic acids is 1. The first kappa shape index (κ1) is 22.0. The summed E-state index contributed by atoms with van der Waals surface area (Å²) in [6.45, 7) is 5.43. The average Bonchev–Trinajstić information content (AvgIpc) is 2.70. The Morgan fingerprint density at radius 3 is 2.19 bits per heavy atom. The SMILES string of the molecule is CCN(C(=O)c1cc(O)c2c(c1)C(=O)c1cccc(O)c1C2=O)[C@@H](CC(C)C)C(=O)O. The molecule has 162 valence electrons. The van der Waals surface area contributed by atoms with Crippen LogP contribution in [0.2, 0.25) is 0 Å². The van der Waals surface area contributed by atoms with Crippen LogP contribution in [0.5, 0.6) is 11.5 Å². The molecule has 31 heavy (non-hydrogen) atoms. The van der Waals surface area contributed by atoms with Crippen LogP contribution in [0.25, 0.3) is 0 Å². The van der Waals surface area contributed by atoms with Crippen molar-refractivity contribution in [2.45, 2.75) is 33.2 Å². The van der Waals surface area contributed by atoms with E-state index in [0.717, 1.165) is 6.07 Å². The van der Waals surface area contributed by atoms with E-state index in [9.17, 15) is 34.5 Å². The molecule has 1 aliphatic carbocycles. The fourth-order valence-corrected chi connectivity index (χ4v) is 3.89. The zero-order valence-corrected chi connectivity index (χ0v) is 17.4. The minimum Gasteiger partial charge on any atom is -0.507 e. The van der Waals surface area contributed by atoms with Crippen molar-refractivity contribution in [3.63, 3.8) is 0 Å². The number of phenolic OH excluding ortho intramolecular Hbond substituents is 2. The molecule has 1 atom stereocenters. The highest BCUT2D eigenvalue weighted by molar-refractivity contribution is 6.30. The Kier molecular flexibility index (Phi) is 5.83. The number of amides is 1. The summed E-state index contributed by atoms with van der Waals surface area (Å²) in [6, 6.07) is 5.23. The summed E-state index contributed by atoms with van der Waals surface area (Å²) < 4.78 is 0. The van der Waals surface area contributed by atoms with Crippen molar-refractivity contribution in [3.8, 4) is 11.5 Å². The van der Waals surface area contributed by atoms with Crippen molar-refractivity contribution in [1.82, 2.24) is 4.90 Å². The third kappa shape index (κ3) is 3.76. The number of aromatic hydroxyl groups is 2. The number of ketones is 2. The maximum Gasteiger partial charge on any atom is 0.326 e. The van der Waals surface area contributed by atoms with Crippen LogP contribution in [-0.2, 0) is 4.79 Å². The van der Waals surface area contributed by atoms with Crippen LogP contribution >= 0.6 is 0 Å². The minimum atomic E-state index is -1.15. The van der Waals surface area contributed by atoms with E-state index in [1.807, 2.05) is 13.8 Å². The predicted octanol–water partition coefficient (Wildman–Crippen LogP) is 2.83. The average molecular weight is 425 g/mol. The summed E-state index contributed by atoms with van der Waals surface area (Å²) in [6.07, 6.45) is 0.232. The van der Waals surface area contributed by atoms with E-state index in [1.165, 1.54) is 29.2 Å². The largest absolute Gasteiger partial charge is 0.507 e. The lowest BCUT2D eigenvalue weighted by molar-refractivity contribution is -0.142. The van der Waals surface area contributed by atoms with E-state index in [-0.39, 0.29) is 52.5 Å². The fraction of sp³-hybridized carbons (Fsp3) is 0.304. The molecule has 0 bridgehead atoms. The van der Waals surface area contributed by atoms with Crippen LogP contribution in [0.3, 0.4) is 0 Å². The van der Waals surface area contributed by atoms with Gasteiger partial charge in [-0.1, -0.05) is 26.0 Å². The van der Waals surface area contributed by atoms with Gasteiger partial charge in [0.25, 0.3) is 5.91 Å². The number of hydrogen-bond donors (Lipinski definition) is 3. The normalized spacial score (nSPS) is 13.5. The molecule has 0 aliphatic heterocycles. The number of benzene rings is 2. The summed E-state index contributed by atoms with van der Waals surface area (Å²) in [4.78, 5) is 51.9. The molecule has 0 fully saturated rings. The Balaban J connectivity index is 2.09. The second-order valence-corrected chi connectivity index (χ2v) is 7.85. The van der Waals surface area contributed by atoms with Gasteiger partial charge in [0.2, 0.25) is 5.78 Å². The number of carbonyl (C=O) groups is 4. The first-order valence-electron chi connectivity index (χ1n) is 9.90. The molecule has 0 aromatic heterocycles. The zero-order valence-electron chi connectivity index (χ0n) is 17.4. The Hall–Kier alpha value is -3.68. The van der Waals surface area contributed by atoms with Crippen LogP contribution < -0.4 is 0 Å². The molecule has 8 heteroatoms. The van der Waals surface area contributed by atoms with Gasteiger partial charge in [-0.25, -0.2) is 4.79 Å².